The van der Waals surface area contributed by atoms with E-state index in [2.05, 4.69) is 10.3 Å². The van der Waals surface area contributed by atoms with Crippen LogP contribution in [0.3, 0.4) is 0 Å². The second-order valence-electron chi connectivity index (χ2n) is 6.56. The van der Waals surface area contributed by atoms with E-state index in [4.69, 9.17) is 9.47 Å². The number of nitrogens with one attached hydrogen (secondary N) is 1. The van der Waals surface area contributed by atoms with Crippen LogP contribution in [0.15, 0.2) is 30.3 Å². The number of anilines is 1. The SMILES string of the molecule is COc1ccc(C2CCCN2C(=O)Nc2cc(C)cc(C)n2)c(OC)c1. The molecule has 138 valence electrons. The van der Waals surface area contributed by atoms with Crippen molar-refractivity contribution in [2.75, 3.05) is 26.1 Å². The minimum absolute atomic E-state index is 0.0261. The van der Waals surface area contributed by atoms with E-state index in [1.54, 1.807) is 14.2 Å². The van der Waals surface area contributed by atoms with E-state index in [-0.39, 0.29) is 12.1 Å². The molecule has 6 heteroatoms. The Kier molecular flexibility index (Phi) is 5.30. The van der Waals surface area contributed by atoms with Crippen molar-refractivity contribution >= 4 is 11.8 Å². The molecule has 0 aliphatic carbocycles. The van der Waals surface area contributed by atoms with E-state index >= 15 is 0 Å². The molecule has 1 saturated heterocycles. The quantitative estimate of drug-likeness (QED) is 0.897. The number of ether oxygens (including phenoxy) is 2. The Morgan fingerprint density at radius 1 is 1.19 bits per heavy atom. The third-order valence-electron chi connectivity index (χ3n) is 4.65. The summed E-state index contributed by atoms with van der Waals surface area (Å²) < 4.78 is 10.8. The molecular formula is C20H25N3O3. The first-order chi connectivity index (χ1) is 12.5. The standard InChI is InChI=1S/C20H25N3O3/c1-13-10-14(2)21-19(11-13)22-20(24)23-9-5-6-17(23)16-8-7-15(25-3)12-18(16)26-4/h7-8,10-12,17H,5-6,9H2,1-4H3,(H,21,22,24). The molecule has 1 unspecified atom stereocenters. The summed E-state index contributed by atoms with van der Waals surface area (Å²) in [7, 11) is 3.26. The fourth-order valence-electron chi connectivity index (χ4n) is 3.51. The van der Waals surface area contributed by atoms with E-state index in [1.807, 2.05) is 49.1 Å². The fourth-order valence-corrected chi connectivity index (χ4v) is 3.51. The molecule has 0 radical (unpaired) electrons. The van der Waals surface area contributed by atoms with Crippen molar-refractivity contribution in [3.8, 4) is 11.5 Å². The monoisotopic (exact) mass is 355 g/mol. The zero-order valence-electron chi connectivity index (χ0n) is 15.7. The van der Waals surface area contributed by atoms with E-state index in [0.29, 0.717) is 12.4 Å². The minimum Gasteiger partial charge on any atom is -0.497 e. The van der Waals surface area contributed by atoms with Gasteiger partial charge >= 0.3 is 6.03 Å². The summed E-state index contributed by atoms with van der Waals surface area (Å²) in [5, 5.41) is 2.94. The second kappa shape index (κ2) is 7.64. The molecule has 1 aliphatic heterocycles. The number of carbonyl (C=O) groups excluding carboxylic acids is 1. The average molecular weight is 355 g/mol. The molecule has 3 rings (SSSR count). The van der Waals surface area contributed by atoms with E-state index in [1.165, 1.54) is 0 Å². The van der Waals surface area contributed by atoms with Crippen LogP contribution in [-0.2, 0) is 0 Å². The maximum atomic E-state index is 12.9. The second-order valence-corrected chi connectivity index (χ2v) is 6.56. The zero-order valence-corrected chi connectivity index (χ0v) is 15.7. The molecule has 0 bridgehead atoms. The molecule has 1 aromatic carbocycles. The number of likely N-dealkylation sites (tertiary alicyclic amines) is 1. The van der Waals surface area contributed by atoms with Gasteiger partial charge < -0.3 is 14.4 Å². The summed E-state index contributed by atoms with van der Waals surface area (Å²) in [6.45, 7) is 4.62. The lowest BCUT2D eigenvalue weighted by molar-refractivity contribution is 0.206. The van der Waals surface area contributed by atoms with Gasteiger partial charge in [0.2, 0.25) is 0 Å². The van der Waals surface area contributed by atoms with Crippen molar-refractivity contribution in [2.45, 2.75) is 32.7 Å². The van der Waals surface area contributed by atoms with Crippen molar-refractivity contribution in [1.82, 2.24) is 9.88 Å². The van der Waals surface area contributed by atoms with Crippen molar-refractivity contribution in [2.24, 2.45) is 0 Å². The van der Waals surface area contributed by atoms with Crippen molar-refractivity contribution in [3.63, 3.8) is 0 Å². The molecule has 1 aromatic heterocycles. The van der Waals surface area contributed by atoms with Gasteiger partial charge in [-0.15, -0.1) is 0 Å². The van der Waals surface area contributed by atoms with Crippen molar-refractivity contribution < 1.29 is 14.3 Å². The number of urea groups is 1. The third-order valence-corrected chi connectivity index (χ3v) is 4.65. The number of benzene rings is 1. The molecule has 0 spiro atoms. The summed E-state index contributed by atoms with van der Waals surface area (Å²) in [5.41, 5.74) is 2.95. The van der Waals surface area contributed by atoms with Crippen LogP contribution in [0.25, 0.3) is 0 Å². The maximum Gasteiger partial charge on any atom is 0.323 e. The average Bonchev–Trinajstić information content (AvgIpc) is 3.09. The van der Waals surface area contributed by atoms with Crippen LogP contribution >= 0.6 is 0 Å². The Hall–Kier alpha value is -2.76. The minimum atomic E-state index is -0.136. The number of aromatic nitrogens is 1. The highest BCUT2D eigenvalue weighted by Gasteiger charge is 2.32. The summed E-state index contributed by atoms with van der Waals surface area (Å²) in [6, 6.07) is 9.43. The van der Waals surface area contributed by atoms with Gasteiger partial charge in [0, 0.05) is 23.9 Å². The Labute approximate surface area is 154 Å². The Bertz CT molecular complexity index is 787. The number of pyridine rings is 1. The van der Waals surface area contributed by atoms with Crippen LogP contribution in [0.1, 0.15) is 35.7 Å². The molecule has 2 amide bonds. The summed E-state index contributed by atoms with van der Waals surface area (Å²) in [6.07, 6.45) is 1.85. The van der Waals surface area contributed by atoms with E-state index in [0.717, 1.165) is 41.2 Å². The van der Waals surface area contributed by atoms with E-state index in [9.17, 15) is 4.79 Å². The van der Waals surface area contributed by atoms with Crippen LogP contribution in [0, 0.1) is 13.8 Å². The van der Waals surface area contributed by atoms with Crippen LogP contribution in [-0.4, -0.2) is 36.7 Å². The molecule has 1 N–H and O–H groups in total. The molecule has 26 heavy (non-hydrogen) atoms. The molecule has 2 heterocycles. The lowest BCUT2D eigenvalue weighted by Gasteiger charge is -2.26. The van der Waals surface area contributed by atoms with Crippen molar-refractivity contribution in [1.29, 1.82) is 0 Å². The lowest BCUT2D eigenvalue weighted by atomic mass is 10.0. The zero-order chi connectivity index (χ0) is 18.7. The maximum absolute atomic E-state index is 12.9. The molecule has 1 fully saturated rings. The van der Waals surface area contributed by atoms with Crippen LogP contribution in [0.4, 0.5) is 10.6 Å². The first-order valence-electron chi connectivity index (χ1n) is 8.76. The molecule has 0 saturated carbocycles. The third kappa shape index (κ3) is 3.74. The first-order valence-corrected chi connectivity index (χ1v) is 8.76. The van der Waals surface area contributed by atoms with Crippen LogP contribution < -0.4 is 14.8 Å². The van der Waals surface area contributed by atoms with Crippen molar-refractivity contribution in [3.05, 3.63) is 47.2 Å². The summed E-state index contributed by atoms with van der Waals surface area (Å²) >= 11 is 0. The highest BCUT2D eigenvalue weighted by Crippen LogP contribution is 2.38. The van der Waals surface area contributed by atoms with Gasteiger partial charge in [-0.25, -0.2) is 9.78 Å². The highest BCUT2D eigenvalue weighted by atomic mass is 16.5. The largest absolute Gasteiger partial charge is 0.497 e. The number of carbonyl (C=O) groups is 1. The topological polar surface area (TPSA) is 63.7 Å². The van der Waals surface area contributed by atoms with E-state index < -0.39 is 0 Å². The molecule has 1 aliphatic rings. The number of aryl methyl sites for hydroxylation is 2. The van der Waals surface area contributed by atoms with Gasteiger partial charge in [-0.05, 0) is 56.5 Å². The number of hydrogen-bond acceptors (Lipinski definition) is 4. The van der Waals surface area contributed by atoms with Crippen LogP contribution in [0.5, 0.6) is 11.5 Å². The number of methoxy groups -OCH3 is 2. The highest BCUT2D eigenvalue weighted by molar-refractivity contribution is 5.89. The first kappa shape index (κ1) is 18.0. The lowest BCUT2D eigenvalue weighted by Crippen LogP contribution is -2.34. The number of hydrogen-bond donors (Lipinski definition) is 1. The van der Waals surface area contributed by atoms with Gasteiger partial charge in [0.15, 0.2) is 0 Å². The molecule has 1 atom stereocenters. The predicted octanol–water partition coefficient (Wildman–Crippen LogP) is 4.08. The summed E-state index contributed by atoms with van der Waals surface area (Å²) in [4.78, 5) is 19.1. The van der Waals surface area contributed by atoms with Gasteiger partial charge in [-0.3, -0.25) is 5.32 Å². The van der Waals surface area contributed by atoms with Gasteiger partial charge in [-0.2, -0.15) is 0 Å². The Balaban J connectivity index is 1.82. The van der Waals surface area contributed by atoms with Crippen LogP contribution in [0.2, 0.25) is 0 Å². The molecule has 6 nitrogen and oxygen atoms in total. The Morgan fingerprint density at radius 2 is 2.00 bits per heavy atom. The van der Waals surface area contributed by atoms with Gasteiger partial charge in [-0.1, -0.05) is 0 Å². The number of rotatable bonds is 4. The summed E-state index contributed by atoms with van der Waals surface area (Å²) in [5.74, 6) is 2.05. The molecule has 2 aromatic rings. The van der Waals surface area contributed by atoms with Gasteiger partial charge in [0.05, 0.1) is 20.3 Å². The fraction of sp³-hybridized carbons (Fsp3) is 0.400. The Morgan fingerprint density at radius 3 is 2.69 bits per heavy atom. The number of nitrogens with zero attached hydrogens (tertiary/aromatic N) is 2. The van der Waals surface area contributed by atoms with Gasteiger partial charge in [0.1, 0.15) is 17.3 Å². The molecular weight excluding hydrogens is 330 g/mol. The normalized spacial score (nSPS) is 16.5. The smallest absolute Gasteiger partial charge is 0.323 e. The number of amides is 2. The predicted molar refractivity (Wildman–Crippen MR) is 101 cm³/mol. The van der Waals surface area contributed by atoms with Gasteiger partial charge in [0.25, 0.3) is 0 Å².